The van der Waals surface area contributed by atoms with Crippen LogP contribution in [0.25, 0.3) is 0 Å². The number of amides is 2. The number of carbonyl (C=O) groups excluding carboxylic acids is 3. The highest BCUT2D eigenvalue weighted by Crippen LogP contribution is 2.46. The first-order chi connectivity index (χ1) is 13.8. The van der Waals surface area contributed by atoms with Gasteiger partial charge in [0.05, 0.1) is 12.8 Å². The predicted octanol–water partition coefficient (Wildman–Crippen LogP) is 1.49. The Labute approximate surface area is 167 Å². The second-order valence-electron chi connectivity index (χ2n) is 7.82. The van der Waals surface area contributed by atoms with Gasteiger partial charge in [-0.15, -0.1) is 0 Å². The van der Waals surface area contributed by atoms with Crippen LogP contribution in [-0.4, -0.2) is 30.4 Å². The highest BCUT2D eigenvalue weighted by molar-refractivity contribution is 6.23. The van der Waals surface area contributed by atoms with E-state index in [4.69, 9.17) is 4.74 Å². The van der Waals surface area contributed by atoms with E-state index < -0.39 is 41.1 Å². The Bertz CT molecular complexity index is 1010. The molecule has 2 heterocycles. The van der Waals surface area contributed by atoms with Crippen LogP contribution < -0.4 is 10.2 Å². The molecule has 7 heteroatoms. The number of anilines is 1. The summed E-state index contributed by atoms with van der Waals surface area (Å²) in [7, 11) is 1.27. The Balaban J connectivity index is 1.84. The molecule has 0 unspecified atom stereocenters. The fourth-order valence-corrected chi connectivity index (χ4v) is 4.77. The molecule has 2 amide bonds. The Kier molecular flexibility index (Phi) is 4.50. The van der Waals surface area contributed by atoms with Gasteiger partial charge in [-0.1, -0.05) is 24.3 Å². The summed E-state index contributed by atoms with van der Waals surface area (Å²) < 4.78 is 18.3. The minimum atomic E-state index is -1.24. The SMILES string of the molecule is COC(=O)[C@@]1(C)[NH2+][C@H](c2ccccc2C)[C@@H]2C(=O)N(c3ccc(F)cc3)C(=O)[C@H]21. The molecule has 0 bridgehead atoms. The average Bonchev–Trinajstić information content (AvgIpc) is 3.16. The molecule has 6 nitrogen and oxygen atoms in total. The van der Waals surface area contributed by atoms with Crippen LogP contribution in [0.3, 0.4) is 0 Å². The van der Waals surface area contributed by atoms with Gasteiger partial charge in [-0.25, -0.2) is 14.1 Å². The van der Waals surface area contributed by atoms with Crippen molar-refractivity contribution < 1.29 is 28.8 Å². The standard InChI is InChI=1S/C22H21FN2O4/c1-12-6-4-5-7-15(12)18-16-17(22(2,24-18)21(28)29-3)20(27)25(19(16)26)14-10-8-13(23)9-11-14/h4-11,16-18,24H,1-3H3/p+1/t16-,17+,18-,22+/m1/s1. The fraction of sp³-hybridized carbons (Fsp3) is 0.318. The summed E-state index contributed by atoms with van der Waals surface area (Å²) in [6.07, 6.45) is 0. The normalized spacial score (nSPS) is 28.6. The van der Waals surface area contributed by atoms with E-state index in [1.807, 2.05) is 31.2 Å². The first-order valence-electron chi connectivity index (χ1n) is 9.43. The van der Waals surface area contributed by atoms with Crippen molar-refractivity contribution in [1.29, 1.82) is 0 Å². The Hall–Kier alpha value is -3.06. The van der Waals surface area contributed by atoms with Gasteiger partial charge in [-0.2, -0.15) is 0 Å². The molecule has 0 radical (unpaired) electrons. The molecule has 2 saturated heterocycles. The van der Waals surface area contributed by atoms with Gasteiger partial charge < -0.3 is 10.1 Å². The van der Waals surface area contributed by atoms with Crippen molar-refractivity contribution in [2.24, 2.45) is 11.8 Å². The molecular formula is C22H22FN2O4+. The zero-order chi connectivity index (χ0) is 20.9. The molecule has 0 aromatic heterocycles. The lowest BCUT2D eigenvalue weighted by Gasteiger charge is -2.26. The molecule has 0 aliphatic carbocycles. The molecule has 150 valence electrons. The third-order valence-electron chi connectivity index (χ3n) is 6.17. The number of fused-ring (bicyclic) bond motifs is 1. The van der Waals surface area contributed by atoms with Crippen molar-refractivity contribution >= 4 is 23.5 Å². The van der Waals surface area contributed by atoms with Gasteiger partial charge >= 0.3 is 5.97 Å². The predicted molar refractivity (Wildman–Crippen MR) is 102 cm³/mol. The second kappa shape index (κ2) is 6.77. The monoisotopic (exact) mass is 397 g/mol. The molecular weight excluding hydrogens is 375 g/mol. The van der Waals surface area contributed by atoms with Crippen LogP contribution in [0.4, 0.5) is 10.1 Å². The number of halogens is 1. The molecule has 2 aliphatic rings. The highest BCUT2D eigenvalue weighted by Gasteiger charge is 2.70. The van der Waals surface area contributed by atoms with Crippen molar-refractivity contribution in [3.05, 3.63) is 65.5 Å². The van der Waals surface area contributed by atoms with E-state index in [0.717, 1.165) is 16.0 Å². The largest absolute Gasteiger partial charge is 0.464 e. The third-order valence-corrected chi connectivity index (χ3v) is 6.17. The molecule has 0 saturated carbocycles. The van der Waals surface area contributed by atoms with Gasteiger partial charge in [0, 0.05) is 12.5 Å². The Morgan fingerprint density at radius 3 is 2.38 bits per heavy atom. The third kappa shape index (κ3) is 2.76. The van der Waals surface area contributed by atoms with Crippen molar-refractivity contribution in [2.75, 3.05) is 12.0 Å². The zero-order valence-electron chi connectivity index (χ0n) is 16.4. The second-order valence-corrected chi connectivity index (χ2v) is 7.82. The zero-order valence-corrected chi connectivity index (χ0v) is 16.4. The molecule has 2 N–H and O–H groups in total. The maximum atomic E-state index is 13.4. The quantitative estimate of drug-likeness (QED) is 0.629. The molecule has 0 spiro atoms. The number of carbonyl (C=O) groups is 3. The minimum Gasteiger partial charge on any atom is -0.464 e. The number of nitrogens with zero attached hydrogens (tertiary/aromatic N) is 1. The first kappa shape index (κ1) is 19.3. The van der Waals surface area contributed by atoms with Crippen LogP contribution in [0.15, 0.2) is 48.5 Å². The Morgan fingerprint density at radius 2 is 1.76 bits per heavy atom. The van der Waals surface area contributed by atoms with Crippen LogP contribution in [0.1, 0.15) is 24.1 Å². The van der Waals surface area contributed by atoms with E-state index in [1.165, 1.54) is 31.4 Å². The van der Waals surface area contributed by atoms with Gasteiger partial charge in [0.1, 0.15) is 23.7 Å². The van der Waals surface area contributed by atoms with E-state index in [1.54, 1.807) is 12.2 Å². The van der Waals surface area contributed by atoms with Gasteiger partial charge in [-0.3, -0.25) is 9.59 Å². The number of esters is 1. The van der Waals surface area contributed by atoms with Crippen LogP contribution in [0.2, 0.25) is 0 Å². The van der Waals surface area contributed by atoms with Crippen LogP contribution in [-0.2, 0) is 19.1 Å². The summed E-state index contributed by atoms with van der Waals surface area (Å²) in [5.41, 5.74) is 0.930. The number of benzene rings is 2. The smallest absolute Gasteiger partial charge is 0.368 e. The van der Waals surface area contributed by atoms with E-state index in [0.29, 0.717) is 5.69 Å². The molecule has 4 rings (SSSR count). The summed E-state index contributed by atoms with van der Waals surface area (Å²) >= 11 is 0. The number of hydrogen-bond acceptors (Lipinski definition) is 4. The number of aryl methyl sites for hydroxylation is 1. The van der Waals surface area contributed by atoms with Crippen LogP contribution in [0.5, 0.6) is 0 Å². The summed E-state index contributed by atoms with van der Waals surface area (Å²) in [6.45, 7) is 3.58. The number of rotatable bonds is 3. The van der Waals surface area contributed by atoms with Gasteiger partial charge in [-0.05, 0) is 36.8 Å². The molecule has 2 aliphatic heterocycles. The van der Waals surface area contributed by atoms with Gasteiger partial charge in [0.25, 0.3) is 0 Å². The number of imide groups is 1. The lowest BCUT2D eigenvalue weighted by Crippen LogP contribution is -2.97. The molecule has 29 heavy (non-hydrogen) atoms. The summed E-state index contributed by atoms with van der Waals surface area (Å²) in [5.74, 6) is -3.46. The topological polar surface area (TPSA) is 80.3 Å². The van der Waals surface area contributed by atoms with E-state index in [-0.39, 0.29) is 5.91 Å². The van der Waals surface area contributed by atoms with Crippen molar-refractivity contribution in [2.45, 2.75) is 25.4 Å². The maximum absolute atomic E-state index is 13.4. The van der Waals surface area contributed by atoms with Crippen LogP contribution >= 0.6 is 0 Å². The molecule has 2 aromatic carbocycles. The fourth-order valence-electron chi connectivity index (χ4n) is 4.77. The van der Waals surface area contributed by atoms with E-state index in [9.17, 15) is 18.8 Å². The van der Waals surface area contributed by atoms with E-state index in [2.05, 4.69) is 0 Å². The summed E-state index contributed by atoms with van der Waals surface area (Å²) in [4.78, 5) is 40.6. The highest BCUT2D eigenvalue weighted by atomic mass is 19.1. The summed E-state index contributed by atoms with van der Waals surface area (Å²) in [5, 5.41) is 1.79. The lowest BCUT2D eigenvalue weighted by molar-refractivity contribution is -0.730. The van der Waals surface area contributed by atoms with Gasteiger partial charge in [0.15, 0.2) is 0 Å². The Morgan fingerprint density at radius 1 is 1.10 bits per heavy atom. The first-order valence-corrected chi connectivity index (χ1v) is 9.43. The number of methoxy groups -OCH3 is 1. The van der Waals surface area contributed by atoms with Crippen molar-refractivity contribution in [3.63, 3.8) is 0 Å². The molecule has 4 atom stereocenters. The van der Waals surface area contributed by atoms with Crippen molar-refractivity contribution in [3.8, 4) is 0 Å². The van der Waals surface area contributed by atoms with Crippen molar-refractivity contribution in [1.82, 2.24) is 0 Å². The number of hydrogen-bond donors (Lipinski definition) is 1. The summed E-state index contributed by atoms with van der Waals surface area (Å²) in [6, 6.07) is 12.4. The lowest BCUT2D eigenvalue weighted by atomic mass is 9.80. The molecule has 2 aromatic rings. The number of nitrogens with two attached hydrogens (primary N) is 1. The van der Waals surface area contributed by atoms with E-state index >= 15 is 0 Å². The van der Waals surface area contributed by atoms with Gasteiger partial charge in [0.2, 0.25) is 17.4 Å². The average molecular weight is 397 g/mol. The van der Waals surface area contributed by atoms with Crippen LogP contribution in [0, 0.1) is 24.6 Å². The maximum Gasteiger partial charge on any atom is 0.368 e. The molecule has 2 fully saturated rings. The minimum absolute atomic E-state index is 0.298. The number of ether oxygens (including phenoxy) is 1. The number of quaternary nitrogens is 1.